The first kappa shape index (κ1) is 14.8. The molecule has 2 aromatic rings. The summed E-state index contributed by atoms with van der Waals surface area (Å²) in [6, 6.07) is 8.07. The number of aromatic nitrogens is 3. The fraction of sp³-hybridized carbons (Fsp3) is 0.471. The van der Waals surface area contributed by atoms with Gasteiger partial charge in [-0.1, -0.05) is 35.0 Å². The van der Waals surface area contributed by atoms with Gasteiger partial charge in [0, 0.05) is 12.6 Å². The van der Waals surface area contributed by atoms with Gasteiger partial charge in [0.25, 0.3) is 0 Å². The van der Waals surface area contributed by atoms with E-state index < -0.39 is 0 Å². The molecule has 5 heteroatoms. The number of rotatable bonds is 4. The predicted molar refractivity (Wildman–Crippen MR) is 83.2 cm³/mol. The molecule has 0 aliphatic heterocycles. The third kappa shape index (κ3) is 3.18. The minimum atomic E-state index is -0.189. The zero-order valence-corrected chi connectivity index (χ0v) is 13.1. The Balaban J connectivity index is 1.77. The fourth-order valence-corrected chi connectivity index (χ4v) is 2.88. The Hall–Kier alpha value is -2.17. The van der Waals surface area contributed by atoms with Crippen LogP contribution in [0.4, 0.5) is 0 Å². The van der Waals surface area contributed by atoms with E-state index in [1.165, 1.54) is 5.56 Å². The van der Waals surface area contributed by atoms with Crippen molar-refractivity contribution in [3.05, 3.63) is 35.5 Å². The van der Waals surface area contributed by atoms with Gasteiger partial charge in [0.1, 0.15) is 11.8 Å². The molecular formula is C17H21N3O2. The maximum absolute atomic E-state index is 12.2. The first-order chi connectivity index (χ1) is 10.6. The van der Waals surface area contributed by atoms with Crippen molar-refractivity contribution in [2.24, 2.45) is 7.05 Å². The molecule has 0 atom stereocenters. The molecule has 0 bridgehead atoms. The second kappa shape index (κ2) is 6.30. The van der Waals surface area contributed by atoms with Crippen LogP contribution >= 0.6 is 0 Å². The monoisotopic (exact) mass is 299 g/mol. The molecule has 1 aromatic carbocycles. The highest BCUT2D eigenvalue weighted by Gasteiger charge is 2.22. The second-order valence-electron chi connectivity index (χ2n) is 5.95. The van der Waals surface area contributed by atoms with Crippen LogP contribution in [0.5, 0.6) is 0 Å². The summed E-state index contributed by atoms with van der Waals surface area (Å²) >= 11 is 0. The molecule has 1 heterocycles. The Bertz CT molecular complexity index is 655. The average molecular weight is 299 g/mol. The van der Waals surface area contributed by atoms with Crippen LogP contribution < -0.4 is 0 Å². The van der Waals surface area contributed by atoms with Crippen LogP contribution in [0.25, 0.3) is 11.3 Å². The number of hydrogen-bond acceptors (Lipinski definition) is 4. The molecule has 1 saturated carbocycles. The van der Waals surface area contributed by atoms with Crippen molar-refractivity contribution >= 4 is 5.97 Å². The number of carbonyl (C=O) groups excluding carboxylic acids is 1. The lowest BCUT2D eigenvalue weighted by atomic mass is 10.1. The molecule has 0 spiro atoms. The van der Waals surface area contributed by atoms with Gasteiger partial charge in [-0.15, -0.1) is 5.10 Å². The largest absolute Gasteiger partial charge is 0.462 e. The lowest BCUT2D eigenvalue weighted by Crippen LogP contribution is -2.18. The molecule has 0 unspecified atom stereocenters. The van der Waals surface area contributed by atoms with Crippen LogP contribution in [-0.2, 0) is 23.0 Å². The first-order valence-corrected chi connectivity index (χ1v) is 7.78. The van der Waals surface area contributed by atoms with Gasteiger partial charge < -0.3 is 4.74 Å². The lowest BCUT2D eigenvalue weighted by molar-refractivity contribution is -0.148. The molecule has 3 rings (SSSR count). The number of aryl methyl sites for hydroxylation is 2. The zero-order valence-electron chi connectivity index (χ0n) is 13.1. The van der Waals surface area contributed by atoms with E-state index in [9.17, 15) is 4.79 Å². The van der Waals surface area contributed by atoms with E-state index in [1.807, 2.05) is 38.2 Å². The minimum absolute atomic E-state index is 0.0940. The SMILES string of the molecule is Cc1ccc(-c2nnn(C)c2CC(=O)OC2CCCC2)cc1. The summed E-state index contributed by atoms with van der Waals surface area (Å²) in [6.45, 7) is 2.04. The van der Waals surface area contributed by atoms with Crippen molar-refractivity contribution in [2.75, 3.05) is 0 Å². The van der Waals surface area contributed by atoms with E-state index in [-0.39, 0.29) is 18.5 Å². The van der Waals surface area contributed by atoms with E-state index in [0.29, 0.717) is 0 Å². The predicted octanol–water partition coefficient (Wildman–Crippen LogP) is 2.82. The van der Waals surface area contributed by atoms with Gasteiger partial charge in [0.2, 0.25) is 0 Å². The van der Waals surface area contributed by atoms with Crippen LogP contribution in [0.15, 0.2) is 24.3 Å². The molecule has 0 amide bonds. The van der Waals surface area contributed by atoms with E-state index >= 15 is 0 Å². The summed E-state index contributed by atoms with van der Waals surface area (Å²) in [5.41, 5.74) is 3.72. The molecule has 22 heavy (non-hydrogen) atoms. The molecule has 1 aliphatic rings. The van der Waals surface area contributed by atoms with Crippen molar-refractivity contribution in [1.82, 2.24) is 15.0 Å². The zero-order chi connectivity index (χ0) is 15.5. The molecule has 5 nitrogen and oxygen atoms in total. The molecule has 1 aromatic heterocycles. The molecule has 0 radical (unpaired) electrons. The van der Waals surface area contributed by atoms with Gasteiger partial charge in [-0.05, 0) is 32.6 Å². The highest BCUT2D eigenvalue weighted by atomic mass is 16.5. The van der Waals surface area contributed by atoms with Crippen molar-refractivity contribution in [3.8, 4) is 11.3 Å². The second-order valence-corrected chi connectivity index (χ2v) is 5.95. The van der Waals surface area contributed by atoms with Crippen LogP contribution in [0.2, 0.25) is 0 Å². The fourth-order valence-electron chi connectivity index (χ4n) is 2.88. The summed E-state index contributed by atoms with van der Waals surface area (Å²) in [6.07, 6.45) is 4.58. The van der Waals surface area contributed by atoms with Crippen LogP contribution in [-0.4, -0.2) is 27.1 Å². The third-order valence-corrected chi connectivity index (χ3v) is 4.18. The van der Waals surface area contributed by atoms with Crippen molar-refractivity contribution in [1.29, 1.82) is 0 Å². The molecule has 1 fully saturated rings. The Morgan fingerprint density at radius 2 is 1.95 bits per heavy atom. The van der Waals surface area contributed by atoms with E-state index in [2.05, 4.69) is 10.3 Å². The number of nitrogens with zero attached hydrogens (tertiary/aromatic N) is 3. The maximum atomic E-state index is 12.2. The third-order valence-electron chi connectivity index (χ3n) is 4.18. The van der Waals surface area contributed by atoms with Crippen LogP contribution in [0.3, 0.4) is 0 Å². The summed E-state index contributed by atoms with van der Waals surface area (Å²) in [7, 11) is 1.81. The Labute approximate surface area is 130 Å². The van der Waals surface area contributed by atoms with Crippen molar-refractivity contribution < 1.29 is 9.53 Å². The van der Waals surface area contributed by atoms with Gasteiger partial charge in [-0.25, -0.2) is 0 Å². The molecule has 116 valence electrons. The number of esters is 1. The Kier molecular flexibility index (Phi) is 4.22. The van der Waals surface area contributed by atoms with Gasteiger partial charge in [0.05, 0.1) is 12.1 Å². The average Bonchev–Trinajstić information content (AvgIpc) is 3.11. The maximum Gasteiger partial charge on any atom is 0.312 e. The van der Waals surface area contributed by atoms with E-state index in [1.54, 1.807) is 4.68 Å². The van der Waals surface area contributed by atoms with Crippen molar-refractivity contribution in [3.63, 3.8) is 0 Å². The highest BCUT2D eigenvalue weighted by molar-refractivity contribution is 5.75. The molecular weight excluding hydrogens is 278 g/mol. The van der Waals surface area contributed by atoms with E-state index in [4.69, 9.17) is 4.74 Å². The smallest absolute Gasteiger partial charge is 0.312 e. The summed E-state index contributed by atoms with van der Waals surface area (Å²) in [4.78, 5) is 12.2. The van der Waals surface area contributed by atoms with Gasteiger partial charge in [-0.3, -0.25) is 9.48 Å². The quantitative estimate of drug-likeness (QED) is 0.815. The first-order valence-electron chi connectivity index (χ1n) is 7.78. The number of benzene rings is 1. The highest BCUT2D eigenvalue weighted by Crippen LogP contribution is 2.24. The molecule has 1 aliphatic carbocycles. The van der Waals surface area contributed by atoms with Gasteiger partial charge >= 0.3 is 5.97 Å². The molecule has 0 saturated heterocycles. The number of hydrogen-bond donors (Lipinski definition) is 0. The summed E-state index contributed by atoms with van der Waals surface area (Å²) in [5.74, 6) is -0.189. The Morgan fingerprint density at radius 1 is 1.27 bits per heavy atom. The van der Waals surface area contributed by atoms with E-state index in [0.717, 1.165) is 42.6 Å². The van der Waals surface area contributed by atoms with Crippen molar-refractivity contribution in [2.45, 2.75) is 45.1 Å². The topological polar surface area (TPSA) is 57.0 Å². The minimum Gasteiger partial charge on any atom is -0.462 e. The number of carbonyl (C=O) groups is 1. The van der Waals surface area contributed by atoms with Crippen LogP contribution in [0, 0.1) is 6.92 Å². The van der Waals surface area contributed by atoms with Gasteiger partial charge in [-0.2, -0.15) is 0 Å². The number of ether oxygens (including phenoxy) is 1. The summed E-state index contributed by atoms with van der Waals surface area (Å²) < 4.78 is 7.20. The normalized spacial score (nSPS) is 15.2. The summed E-state index contributed by atoms with van der Waals surface area (Å²) in [5, 5.41) is 8.26. The van der Waals surface area contributed by atoms with Crippen LogP contribution in [0.1, 0.15) is 36.9 Å². The lowest BCUT2D eigenvalue weighted by Gasteiger charge is -2.11. The Morgan fingerprint density at radius 3 is 2.64 bits per heavy atom. The van der Waals surface area contributed by atoms with Gasteiger partial charge in [0.15, 0.2) is 0 Å². The standard InChI is InChI=1S/C17H21N3O2/c1-12-7-9-13(10-8-12)17-15(20(2)19-18-17)11-16(21)22-14-5-3-4-6-14/h7-10,14H,3-6,11H2,1-2H3. The molecule has 0 N–H and O–H groups in total.